The molecule has 0 saturated heterocycles. The maximum Gasteiger partial charge on any atom is 0.280 e. The van der Waals surface area contributed by atoms with Gasteiger partial charge in [0.1, 0.15) is 17.6 Å². The van der Waals surface area contributed by atoms with E-state index in [1.165, 1.54) is 12.1 Å². The quantitative estimate of drug-likeness (QED) is 0.366. The number of nitrogens with one attached hydrogen (secondary N) is 2. The highest BCUT2D eigenvalue weighted by molar-refractivity contribution is 6.88. The van der Waals surface area contributed by atoms with Crippen LogP contribution in [0, 0.1) is 5.82 Å². The highest BCUT2D eigenvalue weighted by Crippen LogP contribution is 2.23. The number of ketones is 1. The molecule has 0 spiro atoms. The van der Waals surface area contributed by atoms with Crippen molar-refractivity contribution >= 4 is 35.9 Å². The van der Waals surface area contributed by atoms with Crippen LogP contribution in [0.2, 0.25) is 19.6 Å². The van der Waals surface area contributed by atoms with Crippen LogP contribution in [-0.4, -0.2) is 34.7 Å². The highest BCUT2D eigenvalue weighted by Gasteiger charge is 2.26. The first-order valence-corrected chi connectivity index (χ1v) is 14.7. The lowest BCUT2D eigenvalue weighted by Gasteiger charge is -2.20. The van der Waals surface area contributed by atoms with Gasteiger partial charge in [-0.15, -0.1) is 0 Å². The summed E-state index contributed by atoms with van der Waals surface area (Å²) in [5.41, 5.74) is 1.54. The van der Waals surface area contributed by atoms with Gasteiger partial charge >= 0.3 is 0 Å². The van der Waals surface area contributed by atoms with Crippen LogP contribution in [0.15, 0.2) is 58.0 Å². The third-order valence-electron chi connectivity index (χ3n) is 5.86. The lowest BCUT2D eigenvalue weighted by molar-refractivity contribution is -0.127. The number of rotatable bonds is 8. The van der Waals surface area contributed by atoms with Crippen molar-refractivity contribution in [3.8, 4) is 0 Å². The first-order chi connectivity index (χ1) is 16.5. The Hall–Kier alpha value is -3.79. The van der Waals surface area contributed by atoms with Gasteiger partial charge in [-0.1, -0.05) is 37.8 Å². The molecule has 35 heavy (non-hydrogen) atoms. The van der Waals surface area contributed by atoms with E-state index in [2.05, 4.69) is 35.2 Å². The molecule has 2 heterocycles. The van der Waals surface area contributed by atoms with E-state index < -0.39 is 25.6 Å². The van der Waals surface area contributed by atoms with Crippen molar-refractivity contribution < 1.29 is 18.5 Å². The molecule has 2 aromatic carbocycles. The topological polar surface area (TPSA) is 110 Å². The van der Waals surface area contributed by atoms with Gasteiger partial charge in [-0.2, -0.15) is 10.3 Å². The van der Waals surface area contributed by atoms with Gasteiger partial charge in [0.25, 0.3) is 5.56 Å². The molecule has 0 aliphatic rings. The number of aromatic nitrogens is 3. The maximum absolute atomic E-state index is 14.8. The van der Waals surface area contributed by atoms with Crippen LogP contribution in [0.4, 0.5) is 4.39 Å². The Morgan fingerprint density at radius 2 is 1.91 bits per heavy atom. The first-order valence-electron chi connectivity index (χ1n) is 11.2. The van der Waals surface area contributed by atoms with Gasteiger partial charge in [-0.25, -0.2) is 4.39 Å². The molecule has 0 fully saturated rings. The molecule has 1 amide bonds. The summed E-state index contributed by atoms with van der Waals surface area (Å²) in [6, 6.07) is 10.5. The summed E-state index contributed by atoms with van der Waals surface area (Å²) in [7, 11) is -0.0399. The van der Waals surface area contributed by atoms with Crippen LogP contribution < -0.4 is 16.1 Å². The van der Waals surface area contributed by atoms with E-state index in [4.69, 9.17) is 4.52 Å². The van der Waals surface area contributed by atoms with E-state index in [9.17, 15) is 18.8 Å². The zero-order valence-corrected chi connectivity index (χ0v) is 21.0. The van der Waals surface area contributed by atoms with E-state index in [1.807, 2.05) is 13.1 Å². The minimum atomic E-state index is -1.86. The molecule has 0 radical (unpaired) electrons. The lowest BCUT2D eigenvalue weighted by Crippen LogP contribution is -2.40. The molecule has 2 aromatic heterocycles. The number of nitrogens with zero attached hydrogens (tertiary/aromatic N) is 2. The molecule has 4 rings (SSSR count). The number of halogens is 1. The number of carbonyl (C=O) groups is 2. The zero-order chi connectivity index (χ0) is 25.3. The molecule has 4 aromatic rings. The second-order valence-corrected chi connectivity index (χ2v) is 14.7. The number of carbonyl (C=O) groups excluding carboxylic acids is 2. The van der Waals surface area contributed by atoms with Gasteiger partial charge in [-0.05, 0) is 34.5 Å². The monoisotopic (exact) mass is 494 g/mol. The summed E-state index contributed by atoms with van der Waals surface area (Å²) < 4.78 is 21.4. The first kappa shape index (κ1) is 24.3. The molecule has 0 bridgehead atoms. The minimum absolute atomic E-state index is 0.0574. The smallest absolute Gasteiger partial charge is 0.280 e. The Balaban J connectivity index is 1.62. The number of aryl methyl sites for hydroxylation is 1. The van der Waals surface area contributed by atoms with E-state index in [0.29, 0.717) is 16.3 Å². The normalized spacial score (nSPS) is 12.6. The SMILES string of the molecule is Cn1ncc2cc(C(NC(=O)Cc3cc(=O)[nH]o3)C(=O)Cc3ccc([Si](C)(C)C)c(F)c3)ccc21. The lowest BCUT2D eigenvalue weighted by atomic mass is 9.96. The van der Waals surface area contributed by atoms with Gasteiger partial charge in [0.15, 0.2) is 5.78 Å². The predicted molar refractivity (Wildman–Crippen MR) is 133 cm³/mol. The Bertz CT molecular complexity index is 1460. The molecule has 1 unspecified atom stereocenters. The average Bonchev–Trinajstić information content (AvgIpc) is 3.35. The van der Waals surface area contributed by atoms with Gasteiger partial charge in [0.2, 0.25) is 5.91 Å². The van der Waals surface area contributed by atoms with Crippen molar-refractivity contribution in [2.75, 3.05) is 0 Å². The second kappa shape index (κ2) is 9.45. The predicted octanol–water partition coefficient (Wildman–Crippen LogP) is 2.75. The summed E-state index contributed by atoms with van der Waals surface area (Å²) in [6.07, 6.45) is 1.41. The number of amides is 1. The number of benzene rings is 2. The number of hydrogen-bond acceptors (Lipinski definition) is 5. The molecule has 10 heteroatoms. The molecule has 8 nitrogen and oxygen atoms in total. The van der Waals surface area contributed by atoms with Gasteiger partial charge < -0.3 is 9.84 Å². The van der Waals surface area contributed by atoms with E-state index >= 15 is 0 Å². The third-order valence-corrected chi connectivity index (χ3v) is 7.88. The minimum Gasteiger partial charge on any atom is -0.383 e. The fraction of sp³-hybridized carbons (Fsp3) is 0.280. The van der Waals surface area contributed by atoms with E-state index in [-0.39, 0.29) is 30.2 Å². The maximum atomic E-state index is 14.8. The number of fused-ring (bicyclic) bond motifs is 1. The number of H-pyrrole nitrogens is 1. The number of Topliss-reactive ketones (excluding diaryl/α,β-unsaturated/α-hetero) is 1. The molecule has 182 valence electrons. The molecule has 0 saturated carbocycles. The van der Waals surface area contributed by atoms with Crippen molar-refractivity contribution in [3.63, 3.8) is 0 Å². The summed E-state index contributed by atoms with van der Waals surface area (Å²) in [6.45, 7) is 6.18. The van der Waals surface area contributed by atoms with Crippen LogP contribution in [0.3, 0.4) is 0 Å². The van der Waals surface area contributed by atoms with E-state index in [1.54, 1.807) is 35.1 Å². The molecule has 1 atom stereocenters. The van der Waals surface area contributed by atoms with Crippen molar-refractivity contribution in [3.05, 3.63) is 81.7 Å². The summed E-state index contributed by atoms with van der Waals surface area (Å²) in [4.78, 5) is 37.4. The van der Waals surface area contributed by atoms with Gasteiger partial charge in [0, 0.05) is 24.9 Å². The standard InChI is InChI=1S/C25H27FN4O4Si/c1-30-20-7-6-16(11-17(20)14-27-30)25(28-23(32)12-18-13-24(33)29-34-18)21(31)10-15-5-8-22(19(26)9-15)35(2,3)4/h5-9,11,13-14,25H,10,12H2,1-4H3,(H,28,32)(H,29,33). The largest absolute Gasteiger partial charge is 0.383 e. The second-order valence-electron chi connectivity index (χ2n) is 9.65. The summed E-state index contributed by atoms with van der Waals surface area (Å²) >= 11 is 0. The fourth-order valence-electron chi connectivity index (χ4n) is 4.07. The Morgan fingerprint density at radius 1 is 1.14 bits per heavy atom. The van der Waals surface area contributed by atoms with Crippen molar-refractivity contribution in [1.82, 2.24) is 20.3 Å². The molecular formula is C25H27FN4O4Si. The summed E-state index contributed by atoms with van der Waals surface area (Å²) in [5, 5.41) is 10.6. The van der Waals surface area contributed by atoms with Crippen LogP contribution in [0.1, 0.15) is 22.9 Å². The van der Waals surface area contributed by atoms with Crippen molar-refractivity contribution in [1.29, 1.82) is 0 Å². The van der Waals surface area contributed by atoms with Crippen LogP contribution >= 0.6 is 0 Å². The highest BCUT2D eigenvalue weighted by atomic mass is 28.3. The number of aromatic amines is 1. The molecular weight excluding hydrogens is 467 g/mol. The average molecular weight is 495 g/mol. The van der Waals surface area contributed by atoms with Crippen LogP contribution in [0.25, 0.3) is 10.9 Å². The number of hydrogen-bond donors (Lipinski definition) is 2. The zero-order valence-electron chi connectivity index (χ0n) is 20.0. The Kier molecular flexibility index (Phi) is 6.57. The fourth-order valence-corrected chi connectivity index (χ4v) is 5.44. The molecule has 0 aliphatic carbocycles. The molecule has 2 N–H and O–H groups in total. The Labute approximate surface area is 202 Å². The van der Waals surface area contributed by atoms with Gasteiger partial charge in [0.05, 0.1) is 26.2 Å². The van der Waals surface area contributed by atoms with E-state index in [0.717, 1.165) is 10.9 Å². The van der Waals surface area contributed by atoms with Gasteiger partial charge in [-0.3, -0.25) is 19.1 Å². The summed E-state index contributed by atoms with van der Waals surface area (Å²) in [5.74, 6) is -0.936. The third kappa shape index (κ3) is 5.48. The van der Waals surface area contributed by atoms with Crippen molar-refractivity contribution in [2.24, 2.45) is 7.05 Å². The van der Waals surface area contributed by atoms with Crippen LogP contribution in [-0.2, 0) is 29.5 Å². The molecule has 0 aliphatic heterocycles. The van der Waals surface area contributed by atoms with Crippen molar-refractivity contribution in [2.45, 2.75) is 38.5 Å². The van der Waals surface area contributed by atoms with Crippen LogP contribution in [0.5, 0.6) is 0 Å². The Morgan fingerprint density at radius 3 is 2.57 bits per heavy atom.